The first kappa shape index (κ1) is 16.9. The molecule has 0 spiro atoms. The van der Waals surface area contributed by atoms with Gasteiger partial charge >= 0.3 is 6.09 Å². The van der Waals surface area contributed by atoms with Crippen molar-refractivity contribution in [2.45, 2.75) is 13.1 Å². The lowest BCUT2D eigenvalue weighted by Gasteiger charge is -2.07. The van der Waals surface area contributed by atoms with Crippen molar-refractivity contribution in [1.29, 1.82) is 0 Å². The number of aromatic nitrogens is 1. The third-order valence-corrected chi connectivity index (χ3v) is 2.75. The fourth-order valence-electron chi connectivity index (χ4n) is 1.71. The Balaban J connectivity index is 0.00000220. The van der Waals surface area contributed by atoms with Crippen LogP contribution in [-0.2, 0) is 17.8 Å². The molecule has 0 atom stereocenters. The Morgan fingerprint density at radius 3 is 2.52 bits per heavy atom. The average molecular weight is 308 g/mol. The van der Waals surface area contributed by atoms with Crippen LogP contribution in [0.2, 0.25) is 0 Å². The van der Waals surface area contributed by atoms with Gasteiger partial charge in [0.1, 0.15) is 0 Å². The second-order valence-corrected chi connectivity index (χ2v) is 4.24. The van der Waals surface area contributed by atoms with Crippen molar-refractivity contribution in [3.63, 3.8) is 0 Å². The zero-order valence-corrected chi connectivity index (χ0v) is 12.5. The molecule has 0 unspecified atom stereocenters. The number of carbonyl (C=O) groups excluding carboxylic acids is 1. The van der Waals surface area contributed by atoms with E-state index < -0.39 is 6.09 Å². The van der Waals surface area contributed by atoms with E-state index in [1.54, 1.807) is 6.20 Å². The first-order valence-corrected chi connectivity index (χ1v) is 6.32. The first-order chi connectivity index (χ1) is 9.78. The lowest BCUT2D eigenvalue weighted by atomic mass is 10.2. The van der Waals surface area contributed by atoms with Crippen molar-refractivity contribution in [2.24, 2.45) is 0 Å². The van der Waals surface area contributed by atoms with Gasteiger partial charge in [-0.1, -0.05) is 18.2 Å². The number of hydrogen-bond acceptors (Lipinski definition) is 4. The van der Waals surface area contributed by atoms with Gasteiger partial charge in [0.15, 0.2) is 0 Å². The first-order valence-electron chi connectivity index (χ1n) is 6.32. The maximum absolute atomic E-state index is 11.0. The van der Waals surface area contributed by atoms with Crippen molar-refractivity contribution in [1.82, 2.24) is 10.3 Å². The number of pyridine rings is 1. The van der Waals surface area contributed by atoms with Crippen molar-refractivity contribution >= 4 is 24.2 Å². The zero-order valence-electron chi connectivity index (χ0n) is 11.7. The van der Waals surface area contributed by atoms with Gasteiger partial charge in [-0.05, 0) is 29.8 Å². The molecule has 1 heterocycles. The third-order valence-electron chi connectivity index (χ3n) is 2.75. The van der Waals surface area contributed by atoms with Gasteiger partial charge < -0.3 is 10.1 Å². The number of nitrogens with zero attached hydrogens (tertiary/aromatic N) is 1. The summed E-state index contributed by atoms with van der Waals surface area (Å²) in [7, 11) is 1.34. The highest BCUT2D eigenvalue weighted by Gasteiger charge is 2.00. The van der Waals surface area contributed by atoms with Crippen LogP contribution in [0, 0.1) is 0 Å². The smallest absolute Gasteiger partial charge is 0.411 e. The standard InChI is InChI=1S/C15H17N3O2.ClH/c1-20-15(19)18-13-7-5-12(6-8-13)10-16-11-14-4-2-3-9-17-14;/h2-9,16H,10-11H2,1H3,(H,18,19);1H. The number of methoxy groups -OCH3 is 1. The number of amides is 1. The number of halogens is 1. The second kappa shape index (κ2) is 8.94. The Bertz CT molecular complexity index is 547. The van der Waals surface area contributed by atoms with Crippen LogP contribution in [0.3, 0.4) is 0 Å². The van der Waals surface area contributed by atoms with Crippen LogP contribution in [0.5, 0.6) is 0 Å². The molecule has 5 nitrogen and oxygen atoms in total. The second-order valence-electron chi connectivity index (χ2n) is 4.24. The van der Waals surface area contributed by atoms with E-state index in [1.807, 2.05) is 42.5 Å². The van der Waals surface area contributed by atoms with E-state index in [1.165, 1.54) is 7.11 Å². The minimum atomic E-state index is -0.467. The lowest BCUT2D eigenvalue weighted by molar-refractivity contribution is 0.187. The van der Waals surface area contributed by atoms with Crippen LogP contribution >= 0.6 is 12.4 Å². The minimum Gasteiger partial charge on any atom is -0.453 e. The quantitative estimate of drug-likeness (QED) is 0.891. The van der Waals surface area contributed by atoms with Gasteiger partial charge in [-0.15, -0.1) is 12.4 Å². The number of carbonyl (C=O) groups is 1. The summed E-state index contributed by atoms with van der Waals surface area (Å²) >= 11 is 0. The fraction of sp³-hybridized carbons (Fsp3) is 0.200. The van der Waals surface area contributed by atoms with Gasteiger partial charge in [0.25, 0.3) is 0 Å². The maximum atomic E-state index is 11.0. The highest BCUT2D eigenvalue weighted by atomic mass is 35.5. The van der Waals surface area contributed by atoms with Gasteiger partial charge in [-0.3, -0.25) is 10.3 Å². The highest BCUT2D eigenvalue weighted by Crippen LogP contribution is 2.09. The molecule has 6 heteroatoms. The average Bonchev–Trinajstić information content (AvgIpc) is 2.50. The van der Waals surface area contributed by atoms with Crippen LogP contribution < -0.4 is 10.6 Å². The summed E-state index contributed by atoms with van der Waals surface area (Å²) in [5, 5.41) is 5.92. The van der Waals surface area contributed by atoms with Crippen molar-refractivity contribution in [2.75, 3.05) is 12.4 Å². The van der Waals surface area contributed by atoms with Crippen molar-refractivity contribution < 1.29 is 9.53 Å². The zero-order chi connectivity index (χ0) is 14.2. The Morgan fingerprint density at radius 1 is 1.14 bits per heavy atom. The van der Waals surface area contributed by atoms with Gasteiger partial charge in [-0.2, -0.15) is 0 Å². The molecule has 0 bridgehead atoms. The van der Waals surface area contributed by atoms with E-state index in [4.69, 9.17) is 0 Å². The normalized spacial score (nSPS) is 9.57. The Hall–Kier alpha value is -2.11. The number of nitrogens with one attached hydrogen (secondary N) is 2. The number of anilines is 1. The predicted octanol–water partition coefficient (Wildman–Crippen LogP) is 2.97. The molecule has 0 saturated heterocycles. The van der Waals surface area contributed by atoms with E-state index in [9.17, 15) is 4.79 Å². The molecule has 0 saturated carbocycles. The molecule has 0 fully saturated rings. The molecule has 0 radical (unpaired) electrons. The molecule has 21 heavy (non-hydrogen) atoms. The Labute approximate surface area is 130 Å². The molecular weight excluding hydrogens is 290 g/mol. The van der Waals surface area contributed by atoms with Gasteiger partial charge in [0, 0.05) is 25.0 Å². The summed E-state index contributed by atoms with van der Waals surface area (Å²) in [5.74, 6) is 0. The van der Waals surface area contributed by atoms with Crippen LogP contribution in [0.4, 0.5) is 10.5 Å². The van der Waals surface area contributed by atoms with E-state index in [2.05, 4.69) is 20.4 Å². The lowest BCUT2D eigenvalue weighted by Crippen LogP contribution is -2.14. The van der Waals surface area contributed by atoms with E-state index in [0.717, 1.165) is 24.3 Å². The fourth-order valence-corrected chi connectivity index (χ4v) is 1.71. The van der Waals surface area contributed by atoms with Gasteiger partial charge in [0.2, 0.25) is 0 Å². The summed E-state index contributed by atoms with van der Waals surface area (Å²) in [6.07, 6.45) is 1.32. The number of rotatable bonds is 5. The Kier molecular flexibility index (Phi) is 7.21. The largest absolute Gasteiger partial charge is 0.453 e. The van der Waals surface area contributed by atoms with E-state index in [0.29, 0.717) is 5.69 Å². The topological polar surface area (TPSA) is 63.2 Å². The van der Waals surface area contributed by atoms with E-state index in [-0.39, 0.29) is 12.4 Å². The number of benzene rings is 1. The van der Waals surface area contributed by atoms with Crippen molar-refractivity contribution in [3.05, 3.63) is 59.9 Å². The van der Waals surface area contributed by atoms with Crippen molar-refractivity contribution in [3.8, 4) is 0 Å². The van der Waals surface area contributed by atoms with Crippen LogP contribution in [0.1, 0.15) is 11.3 Å². The summed E-state index contributed by atoms with van der Waals surface area (Å²) in [6.45, 7) is 1.47. The summed E-state index contributed by atoms with van der Waals surface area (Å²) < 4.78 is 4.53. The maximum Gasteiger partial charge on any atom is 0.411 e. The van der Waals surface area contributed by atoms with Gasteiger partial charge in [0.05, 0.1) is 12.8 Å². The molecular formula is C15H18ClN3O2. The molecule has 112 valence electrons. The molecule has 1 amide bonds. The highest BCUT2D eigenvalue weighted by molar-refractivity contribution is 5.85. The third kappa shape index (κ3) is 5.81. The molecule has 0 aliphatic carbocycles. The molecule has 1 aromatic heterocycles. The SMILES string of the molecule is COC(=O)Nc1ccc(CNCc2ccccn2)cc1.Cl. The summed E-state index contributed by atoms with van der Waals surface area (Å²) in [5.41, 5.74) is 2.86. The van der Waals surface area contributed by atoms with Crippen LogP contribution in [0.25, 0.3) is 0 Å². The summed E-state index contributed by atoms with van der Waals surface area (Å²) in [4.78, 5) is 15.3. The number of hydrogen-bond donors (Lipinski definition) is 2. The molecule has 2 N–H and O–H groups in total. The monoisotopic (exact) mass is 307 g/mol. The molecule has 2 rings (SSSR count). The van der Waals surface area contributed by atoms with Gasteiger partial charge in [-0.25, -0.2) is 4.79 Å². The molecule has 0 aliphatic rings. The molecule has 1 aromatic carbocycles. The predicted molar refractivity (Wildman–Crippen MR) is 84.5 cm³/mol. The molecule has 2 aromatic rings. The number of ether oxygens (including phenoxy) is 1. The Morgan fingerprint density at radius 2 is 1.90 bits per heavy atom. The van der Waals surface area contributed by atoms with E-state index >= 15 is 0 Å². The summed E-state index contributed by atoms with van der Waals surface area (Å²) in [6, 6.07) is 13.4. The minimum absolute atomic E-state index is 0. The molecule has 0 aliphatic heterocycles. The van der Waals surface area contributed by atoms with Crippen LogP contribution in [-0.4, -0.2) is 18.2 Å². The van der Waals surface area contributed by atoms with Crippen LogP contribution in [0.15, 0.2) is 48.7 Å².